The van der Waals surface area contributed by atoms with Gasteiger partial charge in [0.15, 0.2) is 0 Å². The Bertz CT molecular complexity index is 635. The highest BCUT2D eigenvalue weighted by atomic mass is 16.2. The van der Waals surface area contributed by atoms with Gasteiger partial charge in [0.2, 0.25) is 11.8 Å². The molecule has 2 aliphatic rings. The number of nitrogens with one attached hydrogen (secondary N) is 1. The lowest BCUT2D eigenvalue weighted by molar-refractivity contribution is -0.149. The van der Waals surface area contributed by atoms with Crippen LogP contribution in [0.15, 0.2) is 35.5 Å². The monoisotopic (exact) mass is 287 g/mol. The maximum absolute atomic E-state index is 12.4. The highest BCUT2D eigenvalue weighted by molar-refractivity contribution is 6.26. The van der Waals surface area contributed by atoms with Gasteiger partial charge in [0.05, 0.1) is 5.57 Å². The number of rotatable bonds is 2. The number of imide groups is 2. The van der Waals surface area contributed by atoms with Crippen LogP contribution in [0.2, 0.25) is 0 Å². The van der Waals surface area contributed by atoms with Crippen molar-refractivity contribution in [1.82, 2.24) is 10.2 Å². The number of carbonyl (C=O) groups excluding carboxylic acids is 4. The predicted molar refractivity (Wildman–Crippen MR) is 76.1 cm³/mol. The van der Waals surface area contributed by atoms with E-state index in [0.29, 0.717) is 0 Å². The summed E-state index contributed by atoms with van der Waals surface area (Å²) in [5, 5.41) is 2.12. The second-order valence-corrected chi connectivity index (χ2v) is 4.76. The van der Waals surface area contributed by atoms with E-state index in [2.05, 4.69) is 11.9 Å². The zero-order chi connectivity index (χ0) is 15.7. The Kier molecular flexibility index (Phi) is 3.79. The summed E-state index contributed by atoms with van der Waals surface area (Å²) in [7, 11) is 1.72. The fourth-order valence-corrected chi connectivity index (χ4v) is 2.37. The lowest BCUT2D eigenvalue weighted by Gasteiger charge is -2.27. The molecule has 0 aromatic carbocycles. The quantitative estimate of drug-likeness (QED) is 0.349. The number of carbonyl (C=O) groups is 4. The van der Waals surface area contributed by atoms with Crippen LogP contribution in [0, 0.1) is 0 Å². The summed E-state index contributed by atoms with van der Waals surface area (Å²) in [5.74, 6) is -0.765. The molecule has 2 heterocycles. The Hall–Kier alpha value is -2.64. The molecule has 2 rings (SSSR count). The minimum atomic E-state index is -1.00. The fourth-order valence-electron chi connectivity index (χ4n) is 2.37. The van der Waals surface area contributed by atoms with Crippen LogP contribution in [0.1, 0.15) is 12.8 Å². The largest absolute Gasteiger partial charge is 0.398 e. The summed E-state index contributed by atoms with van der Waals surface area (Å²) in [6, 6.07) is -1.00. The molecule has 2 fully saturated rings. The first kappa shape index (κ1) is 14.8. The standard InChI is InChI=1S/C13H14BN3O4/c1-6-10(7(15)4-5-14)13(21)17(12(6)20)8-2-3-9(18)16-11(8)19/h4-5,8H,1-3,14-15H2,(H,16,18,19)/b5-4+,10-7-. The molecular formula is C13H14BN3O4. The molecule has 8 heteroatoms. The van der Waals surface area contributed by atoms with Crippen LogP contribution in [0.5, 0.6) is 0 Å². The highest BCUT2D eigenvalue weighted by Gasteiger charge is 2.46. The van der Waals surface area contributed by atoms with E-state index in [0.717, 1.165) is 4.90 Å². The minimum absolute atomic E-state index is 0.00259. The summed E-state index contributed by atoms with van der Waals surface area (Å²) < 4.78 is 0. The van der Waals surface area contributed by atoms with Crippen molar-refractivity contribution in [2.75, 3.05) is 0 Å². The van der Waals surface area contributed by atoms with Gasteiger partial charge in [0.1, 0.15) is 13.9 Å². The van der Waals surface area contributed by atoms with Gasteiger partial charge in [0.25, 0.3) is 11.8 Å². The van der Waals surface area contributed by atoms with Crippen molar-refractivity contribution in [1.29, 1.82) is 0 Å². The number of likely N-dealkylation sites (tertiary alicyclic amines) is 1. The predicted octanol–water partition coefficient (Wildman–Crippen LogP) is -1.92. The number of nitrogens with zero attached hydrogens (tertiary/aromatic N) is 1. The van der Waals surface area contributed by atoms with Crippen LogP contribution in [-0.2, 0) is 19.2 Å². The van der Waals surface area contributed by atoms with Gasteiger partial charge in [-0.2, -0.15) is 0 Å². The third-order valence-electron chi connectivity index (χ3n) is 3.37. The maximum atomic E-state index is 12.4. The SMILES string of the molecule is B/C=C/C(N)=C1\C(=C)C(=O)N(C2CCC(=O)NC2=O)C1=O. The van der Waals surface area contributed by atoms with Gasteiger partial charge >= 0.3 is 0 Å². The van der Waals surface area contributed by atoms with E-state index in [1.54, 1.807) is 13.8 Å². The van der Waals surface area contributed by atoms with Crippen LogP contribution >= 0.6 is 0 Å². The number of nitrogens with two attached hydrogens (primary N) is 1. The molecule has 4 amide bonds. The van der Waals surface area contributed by atoms with E-state index >= 15 is 0 Å². The third kappa shape index (κ3) is 2.40. The molecule has 0 aromatic rings. The molecule has 1 atom stereocenters. The van der Waals surface area contributed by atoms with Crippen LogP contribution in [0.25, 0.3) is 0 Å². The summed E-state index contributed by atoms with van der Waals surface area (Å²) in [4.78, 5) is 48.4. The fraction of sp³-hybridized carbons (Fsp3) is 0.231. The van der Waals surface area contributed by atoms with Gasteiger partial charge in [-0.25, -0.2) is 0 Å². The molecule has 2 aliphatic heterocycles. The van der Waals surface area contributed by atoms with Crippen LogP contribution in [0.3, 0.4) is 0 Å². The first-order valence-corrected chi connectivity index (χ1v) is 6.41. The average molecular weight is 287 g/mol. The van der Waals surface area contributed by atoms with Crippen molar-refractivity contribution in [3.05, 3.63) is 35.5 Å². The van der Waals surface area contributed by atoms with Gasteiger partial charge < -0.3 is 5.73 Å². The Morgan fingerprint density at radius 3 is 2.57 bits per heavy atom. The third-order valence-corrected chi connectivity index (χ3v) is 3.37. The Morgan fingerprint density at radius 1 is 1.33 bits per heavy atom. The van der Waals surface area contributed by atoms with Gasteiger partial charge in [-0.3, -0.25) is 29.4 Å². The van der Waals surface area contributed by atoms with Gasteiger partial charge in [-0.15, -0.1) is 5.98 Å². The Labute approximate surface area is 121 Å². The summed E-state index contributed by atoms with van der Waals surface area (Å²) in [6.45, 7) is 3.57. The second-order valence-electron chi connectivity index (χ2n) is 4.76. The summed E-state index contributed by atoms with van der Waals surface area (Å²) >= 11 is 0. The van der Waals surface area contributed by atoms with Crippen molar-refractivity contribution in [2.45, 2.75) is 18.9 Å². The van der Waals surface area contributed by atoms with Gasteiger partial charge in [0, 0.05) is 17.7 Å². The van der Waals surface area contributed by atoms with E-state index in [4.69, 9.17) is 5.73 Å². The molecule has 0 saturated carbocycles. The molecule has 0 radical (unpaired) electrons. The number of hydrogen-bond donors (Lipinski definition) is 2. The molecule has 0 aliphatic carbocycles. The molecule has 7 nitrogen and oxygen atoms in total. The van der Waals surface area contributed by atoms with Crippen molar-refractivity contribution in [3.8, 4) is 0 Å². The number of hydrogen-bond acceptors (Lipinski definition) is 5. The van der Waals surface area contributed by atoms with E-state index in [1.165, 1.54) is 6.08 Å². The highest BCUT2D eigenvalue weighted by Crippen LogP contribution is 2.29. The number of piperidine rings is 1. The zero-order valence-corrected chi connectivity index (χ0v) is 11.5. The lowest BCUT2D eigenvalue weighted by atomic mass is 10.0. The normalized spacial score (nSPS) is 25.8. The summed E-state index contributed by atoms with van der Waals surface area (Å²) in [5.41, 5.74) is 5.84. The van der Waals surface area contributed by atoms with E-state index in [-0.39, 0.29) is 29.7 Å². The van der Waals surface area contributed by atoms with Crippen molar-refractivity contribution in [2.24, 2.45) is 5.73 Å². The molecule has 21 heavy (non-hydrogen) atoms. The molecule has 1 unspecified atom stereocenters. The minimum Gasteiger partial charge on any atom is -0.398 e. The molecular weight excluding hydrogens is 273 g/mol. The van der Waals surface area contributed by atoms with Crippen LogP contribution < -0.4 is 11.1 Å². The van der Waals surface area contributed by atoms with Crippen molar-refractivity contribution >= 4 is 31.5 Å². The van der Waals surface area contributed by atoms with Crippen LogP contribution in [-0.4, -0.2) is 42.4 Å². The lowest BCUT2D eigenvalue weighted by Crippen LogP contribution is -2.54. The van der Waals surface area contributed by atoms with Crippen molar-refractivity contribution in [3.63, 3.8) is 0 Å². The van der Waals surface area contributed by atoms with E-state index in [9.17, 15) is 19.2 Å². The molecule has 0 bridgehead atoms. The molecule has 0 spiro atoms. The van der Waals surface area contributed by atoms with Crippen LogP contribution in [0.4, 0.5) is 0 Å². The van der Waals surface area contributed by atoms with E-state index < -0.39 is 29.7 Å². The first-order valence-electron chi connectivity index (χ1n) is 6.41. The smallest absolute Gasteiger partial charge is 0.264 e. The van der Waals surface area contributed by atoms with Gasteiger partial charge in [-0.05, 0) is 6.42 Å². The maximum Gasteiger partial charge on any atom is 0.264 e. The average Bonchev–Trinajstić information content (AvgIpc) is 2.62. The van der Waals surface area contributed by atoms with Gasteiger partial charge in [-0.1, -0.05) is 12.7 Å². The molecule has 108 valence electrons. The molecule has 0 aromatic heterocycles. The number of allylic oxidation sites excluding steroid dienone is 1. The molecule has 2 saturated heterocycles. The van der Waals surface area contributed by atoms with Crippen molar-refractivity contribution < 1.29 is 19.2 Å². The number of amides is 4. The Morgan fingerprint density at radius 2 is 2.00 bits per heavy atom. The topological polar surface area (TPSA) is 110 Å². The zero-order valence-electron chi connectivity index (χ0n) is 11.5. The Balaban J connectivity index is 2.39. The summed E-state index contributed by atoms with van der Waals surface area (Å²) in [6.07, 6.45) is 1.66. The van der Waals surface area contributed by atoms with E-state index in [1.807, 2.05) is 0 Å². The molecule has 3 N–H and O–H groups in total. The second kappa shape index (κ2) is 5.39. The first-order chi connectivity index (χ1) is 9.88.